The van der Waals surface area contributed by atoms with Crippen molar-refractivity contribution in [3.8, 4) is 0 Å². The van der Waals surface area contributed by atoms with Gasteiger partial charge in [0.1, 0.15) is 12.4 Å². The summed E-state index contributed by atoms with van der Waals surface area (Å²) in [5, 5.41) is 8.46. The van der Waals surface area contributed by atoms with Crippen molar-refractivity contribution < 1.29 is 18.8 Å². The molecule has 3 amide bonds. The molecule has 0 saturated heterocycles. The minimum atomic E-state index is -0.444. The van der Waals surface area contributed by atoms with E-state index >= 15 is 0 Å². The standard InChI is InChI=1S/C21H21FN4O3.ClH/c22-21-14-9-10-23-11-13(14)5-6-16(21)25-18(27)7-8-20(29)26-12-19(28)24-15-3-1-2-4-17(15)26;/h1-6,23H,7-12H2,(H,24,28)(H,25,27);1H. The number of nitrogens with one attached hydrogen (secondary N) is 3. The van der Waals surface area contributed by atoms with Gasteiger partial charge in [0.25, 0.3) is 0 Å². The number of anilines is 3. The SMILES string of the molecule is Cl.O=C1CN(C(=O)CCC(=O)Nc2ccc3c(c2F)CCNC3)c2ccccc2N1. The molecule has 4 rings (SSSR count). The average molecular weight is 433 g/mol. The molecule has 3 N–H and O–H groups in total. The number of amides is 3. The normalized spacial score (nSPS) is 14.7. The Balaban J connectivity index is 0.00000256. The molecule has 0 spiro atoms. The smallest absolute Gasteiger partial charge is 0.244 e. The van der Waals surface area contributed by atoms with Gasteiger partial charge in [-0.25, -0.2) is 4.39 Å². The number of para-hydroxylation sites is 2. The lowest BCUT2D eigenvalue weighted by atomic mass is 9.99. The molecular weight excluding hydrogens is 411 g/mol. The van der Waals surface area contributed by atoms with Crippen LogP contribution in [0.4, 0.5) is 21.5 Å². The fraction of sp³-hybridized carbons (Fsp3) is 0.286. The van der Waals surface area contributed by atoms with Gasteiger partial charge < -0.3 is 20.9 Å². The summed E-state index contributed by atoms with van der Waals surface area (Å²) in [6.45, 7) is 1.21. The van der Waals surface area contributed by atoms with Crippen LogP contribution in [0.2, 0.25) is 0 Å². The van der Waals surface area contributed by atoms with E-state index in [1.807, 2.05) is 0 Å². The molecule has 2 aromatic rings. The van der Waals surface area contributed by atoms with Gasteiger partial charge in [0, 0.05) is 19.4 Å². The summed E-state index contributed by atoms with van der Waals surface area (Å²) in [5.41, 5.74) is 2.81. The van der Waals surface area contributed by atoms with E-state index < -0.39 is 11.7 Å². The lowest BCUT2D eigenvalue weighted by Gasteiger charge is -2.29. The fourth-order valence-corrected chi connectivity index (χ4v) is 3.65. The zero-order valence-electron chi connectivity index (χ0n) is 16.2. The van der Waals surface area contributed by atoms with E-state index in [0.717, 1.165) is 5.56 Å². The van der Waals surface area contributed by atoms with Crippen LogP contribution in [0.15, 0.2) is 36.4 Å². The Morgan fingerprint density at radius 2 is 1.93 bits per heavy atom. The van der Waals surface area contributed by atoms with Crippen LogP contribution in [0.3, 0.4) is 0 Å². The molecule has 2 aromatic carbocycles. The quantitative estimate of drug-likeness (QED) is 0.692. The summed E-state index contributed by atoms with van der Waals surface area (Å²) in [6.07, 6.45) is 0.390. The van der Waals surface area contributed by atoms with Crippen LogP contribution in [-0.2, 0) is 27.3 Å². The molecule has 2 aliphatic heterocycles. The molecule has 2 heterocycles. The predicted molar refractivity (Wildman–Crippen MR) is 114 cm³/mol. The van der Waals surface area contributed by atoms with Crippen LogP contribution in [-0.4, -0.2) is 30.8 Å². The average Bonchev–Trinajstić information content (AvgIpc) is 2.73. The molecule has 9 heteroatoms. The van der Waals surface area contributed by atoms with Crippen molar-refractivity contribution in [2.75, 3.05) is 28.6 Å². The lowest BCUT2D eigenvalue weighted by Crippen LogP contribution is -2.42. The summed E-state index contributed by atoms with van der Waals surface area (Å²) in [4.78, 5) is 38.1. The Kier molecular flexibility index (Phi) is 6.69. The Labute approximate surface area is 179 Å². The van der Waals surface area contributed by atoms with Gasteiger partial charge in [-0.1, -0.05) is 18.2 Å². The third-order valence-electron chi connectivity index (χ3n) is 5.12. The second kappa shape index (κ2) is 9.23. The molecule has 0 aromatic heterocycles. The number of carbonyl (C=O) groups excluding carboxylic acids is 3. The highest BCUT2D eigenvalue weighted by atomic mass is 35.5. The van der Waals surface area contributed by atoms with E-state index in [1.54, 1.807) is 36.4 Å². The molecule has 158 valence electrons. The number of hydrogen-bond donors (Lipinski definition) is 3. The first-order valence-electron chi connectivity index (χ1n) is 9.53. The molecule has 0 bridgehead atoms. The van der Waals surface area contributed by atoms with Crippen molar-refractivity contribution >= 4 is 47.2 Å². The molecule has 2 aliphatic rings. The minimum absolute atomic E-state index is 0. The van der Waals surface area contributed by atoms with Crippen molar-refractivity contribution in [3.63, 3.8) is 0 Å². The highest BCUT2D eigenvalue weighted by Gasteiger charge is 2.27. The Hall–Kier alpha value is -2.97. The lowest BCUT2D eigenvalue weighted by molar-refractivity contribution is -0.124. The zero-order valence-corrected chi connectivity index (χ0v) is 17.0. The van der Waals surface area contributed by atoms with Crippen LogP contribution in [0.1, 0.15) is 24.0 Å². The Morgan fingerprint density at radius 3 is 2.77 bits per heavy atom. The topological polar surface area (TPSA) is 90.5 Å². The van der Waals surface area contributed by atoms with Gasteiger partial charge in [0.2, 0.25) is 17.7 Å². The van der Waals surface area contributed by atoms with Gasteiger partial charge >= 0.3 is 0 Å². The van der Waals surface area contributed by atoms with E-state index in [4.69, 9.17) is 0 Å². The number of carbonyl (C=O) groups is 3. The van der Waals surface area contributed by atoms with Crippen LogP contribution in [0, 0.1) is 5.82 Å². The molecule has 0 atom stereocenters. The summed E-state index contributed by atoms with van der Waals surface area (Å²) >= 11 is 0. The van der Waals surface area contributed by atoms with Gasteiger partial charge in [-0.2, -0.15) is 0 Å². The summed E-state index contributed by atoms with van der Waals surface area (Å²) in [7, 11) is 0. The monoisotopic (exact) mass is 432 g/mol. The molecule has 0 aliphatic carbocycles. The van der Waals surface area contributed by atoms with Gasteiger partial charge in [-0.05, 0) is 42.3 Å². The van der Waals surface area contributed by atoms with Crippen molar-refractivity contribution in [1.29, 1.82) is 0 Å². The van der Waals surface area contributed by atoms with E-state index in [-0.39, 0.29) is 49.3 Å². The number of hydrogen-bond acceptors (Lipinski definition) is 4. The van der Waals surface area contributed by atoms with Gasteiger partial charge in [0.05, 0.1) is 17.1 Å². The first-order valence-corrected chi connectivity index (χ1v) is 9.53. The molecule has 7 nitrogen and oxygen atoms in total. The maximum Gasteiger partial charge on any atom is 0.244 e. The Bertz CT molecular complexity index is 998. The molecule has 30 heavy (non-hydrogen) atoms. The second-order valence-electron chi connectivity index (χ2n) is 7.08. The van der Waals surface area contributed by atoms with E-state index in [1.165, 1.54) is 4.90 Å². The van der Waals surface area contributed by atoms with Crippen molar-refractivity contribution in [3.05, 3.63) is 53.3 Å². The zero-order chi connectivity index (χ0) is 20.4. The number of nitrogens with zero attached hydrogens (tertiary/aromatic N) is 1. The van der Waals surface area contributed by atoms with E-state index in [9.17, 15) is 18.8 Å². The number of fused-ring (bicyclic) bond motifs is 2. The maximum atomic E-state index is 14.7. The molecule has 0 radical (unpaired) electrons. The third-order valence-corrected chi connectivity index (χ3v) is 5.12. The molecule has 0 fully saturated rings. The molecule has 0 saturated carbocycles. The Morgan fingerprint density at radius 1 is 1.13 bits per heavy atom. The van der Waals surface area contributed by atoms with E-state index in [2.05, 4.69) is 16.0 Å². The maximum absolute atomic E-state index is 14.7. The first kappa shape index (κ1) is 21.7. The van der Waals surface area contributed by atoms with Crippen molar-refractivity contribution in [1.82, 2.24) is 5.32 Å². The fourth-order valence-electron chi connectivity index (χ4n) is 3.65. The predicted octanol–water partition coefficient (Wildman–Crippen LogP) is 2.60. The largest absolute Gasteiger partial charge is 0.324 e. The number of rotatable bonds is 4. The second-order valence-corrected chi connectivity index (χ2v) is 7.08. The summed E-state index contributed by atoms with van der Waals surface area (Å²) in [6, 6.07) is 10.3. The van der Waals surface area contributed by atoms with Crippen LogP contribution >= 0.6 is 12.4 Å². The summed E-state index contributed by atoms with van der Waals surface area (Å²) in [5.74, 6) is -1.47. The number of halogens is 2. The van der Waals surface area contributed by atoms with Crippen molar-refractivity contribution in [2.45, 2.75) is 25.8 Å². The molecule has 0 unspecified atom stereocenters. The van der Waals surface area contributed by atoms with Crippen molar-refractivity contribution in [2.24, 2.45) is 0 Å². The van der Waals surface area contributed by atoms with Crippen LogP contribution in [0.25, 0.3) is 0 Å². The highest BCUT2D eigenvalue weighted by molar-refractivity contribution is 6.10. The number of benzene rings is 2. The van der Waals surface area contributed by atoms with Crippen LogP contribution in [0.5, 0.6) is 0 Å². The van der Waals surface area contributed by atoms with Crippen LogP contribution < -0.4 is 20.9 Å². The highest BCUT2D eigenvalue weighted by Crippen LogP contribution is 2.29. The minimum Gasteiger partial charge on any atom is -0.324 e. The van der Waals surface area contributed by atoms with Gasteiger partial charge in [-0.15, -0.1) is 12.4 Å². The van der Waals surface area contributed by atoms with E-state index in [0.29, 0.717) is 36.4 Å². The summed E-state index contributed by atoms with van der Waals surface area (Å²) < 4.78 is 14.7. The third kappa shape index (κ3) is 4.44. The van der Waals surface area contributed by atoms with Gasteiger partial charge in [0.15, 0.2) is 0 Å². The first-order chi connectivity index (χ1) is 14.0. The van der Waals surface area contributed by atoms with Gasteiger partial charge in [-0.3, -0.25) is 14.4 Å². The molecular formula is C21H22ClFN4O3.